The van der Waals surface area contributed by atoms with Gasteiger partial charge in [0.25, 0.3) is 5.91 Å². The molecule has 0 spiro atoms. The van der Waals surface area contributed by atoms with Crippen LogP contribution in [0.1, 0.15) is 18.1 Å². The zero-order chi connectivity index (χ0) is 21.3. The summed E-state index contributed by atoms with van der Waals surface area (Å²) in [4.78, 5) is 37.8. The minimum atomic E-state index is -0.658. The zero-order valence-corrected chi connectivity index (χ0v) is 16.7. The molecule has 4 rings (SSSR count). The zero-order valence-electron chi connectivity index (χ0n) is 16.7. The van der Waals surface area contributed by atoms with Gasteiger partial charge in [0.15, 0.2) is 13.2 Å². The number of para-hydroxylation sites is 1. The number of nitrogens with zero attached hydrogens (tertiary/aromatic N) is 1. The molecule has 154 valence electrons. The van der Waals surface area contributed by atoms with Crippen LogP contribution in [0.15, 0.2) is 57.7 Å². The number of fused-ring (bicyclic) bond motifs is 2. The van der Waals surface area contributed by atoms with Crippen molar-refractivity contribution >= 4 is 28.5 Å². The maximum absolute atomic E-state index is 12.6. The Morgan fingerprint density at radius 3 is 2.77 bits per heavy atom. The number of amides is 1. The fraction of sp³-hybridized carbons (Fsp3) is 0.261. The van der Waals surface area contributed by atoms with Gasteiger partial charge in [-0.15, -0.1) is 0 Å². The number of benzene rings is 2. The molecule has 0 saturated carbocycles. The lowest BCUT2D eigenvalue weighted by molar-refractivity contribution is -0.149. The number of rotatable bonds is 5. The lowest BCUT2D eigenvalue weighted by atomic mass is 10.1. The van der Waals surface area contributed by atoms with E-state index in [1.54, 1.807) is 23.1 Å². The van der Waals surface area contributed by atoms with Crippen LogP contribution in [0.4, 0.5) is 5.69 Å². The summed E-state index contributed by atoms with van der Waals surface area (Å²) in [6.07, 6.45) is 0.774. The molecule has 3 aromatic rings. The van der Waals surface area contributed by atoms with Crippen molar-refractivity contribution in [3.8, 4) is 5.75 Å². The van der Waals surface area contributed by atoms with Gasteiger partial charge in [0, 0.05) is 29.2 Å². The topological polar surface area (TPSA) is 86.0 Å². The van der Waals surface area contributed by atoms with Crippen LogP contribution in [-0.2, 0) is 20.7 Å². The molecule has 0 bridgehead atoms. The minimum Gasteiger partial charge on any atom is -0.482 e. The molecule has 0 fully saturated rings. The van der Waals surface area contributed by atoms with E-state index < -0.39 is 11.6 Å². The Labute approximate surface area is 172 Å². The highest BCUT2D eigenvalue weighted by Gasteiger charge is 2.30. The second-order valence-corrected chi connectivity index (χ2v) is 7.30. The molecule has 0 N–H and O–H groups in total. The standard InChI is InChI=1S/C23H21NO6/c1-14-9-22(26)30-20-11-17(7-8-18(14)20)28-13-23(27)29-12-21(25)24-15(2)10-16-5-3-4-6-19(16)24/h3-9,11,15H,10,12-13H2,1-2H3/t15-/m0/s1. The van der Waals surface area contributed by atoms with Crippen LogP contribution in [0.25, 0.3) is 11.0 Å². The predicted octanol–water partition coefficient (Wildman–Crippen LogP) is 3.00. The van der Waals surface area contributed by atoms with E-state index in [9.17, 15) is 14.4 Å². The second-order valence-electron chi connectivity index (χ2n) is 7.30. The molecule has 1 aliphatic heterocycles. The van der Waals surface area contributed by atoms with Gasteiger partial charge in [-0.2, -0.15) is 0 Å². The smallest absolute Gasteiger partial charge is 0.344 e. The lowest BCUT2D eigenvalue weighted by Gasteiger charge is -2.22. The first kappa shape index (κ1) is 19.7. The first-order valence-corrected chi connectivity index (χ1v) is 9.65. The van der Waals surface area contributed by atoms with Gasteiger partial charge in [-0.1, -0.05) is 18.2 Å². The first-order valence-electron chi connectivity index (χ1n) is 9.65. The molecule has 7 nitrogen and oxygen atoms in total. The molecule has 2 heterocycles. The molecule has 0 aliphatic carbocycles. The number of hydrogen-bond donors (Lipinski definition) is 0. The minimum absolute atomic E-state index is 0.0144. The molecule has 0 saturated heterocycles. The summed E-state index contributed by atoms with van der Waals surface area (Å²) in [5.41, 5.74) is 2.68. The number of ether oxygens (including phenoxy) is 2. The maximum atomic E-state index is 12.6. The van der Waals surface area contributed by atoms with Crippen molar-refractivity contribution in [3.63, 3.8) is 0 Å². The molecule has 1 aliphatic rings. The molecule has 1 atom stereocenters. The molecule has 0 radical (unpaired) electrons. The van der Waals surface area contributed by atoms with E-state index in [2.05, 4.69) is 0 Å². The molecule has 7 heteroatoms. The lowest BCUT2D eigenvalue weighted by Crippen LogP contribution is -2.39. The van der Waals surface area contributed by atoms with Crippen LogP contribution in [0.3, 0.4) is 0 Å². The normalized spacial score (nSPS) is 15.1. The van der Waals surface area contributed by atoms with Crippen LogP contribution in [0.5, 0.6) is 5.75 Å². The third kappa shape index (κ3) is 3.91. The van der Waals surface area contributed by atoms with Crippen LogP contribution in [0, 0.1) is 6.92 Å². The molecule has 0 unspecified atom stereocenters. The Kier molecular flexibility index (Phi) is 5.27. The summed E-state index contributed by atoms with van der Waals surface area (Å²) in [5.74, 6) is -0.570. The van der Waals surface area contributed by atoms with E-state index in [1.165, 1.54) is 6.07 Å². The van der Waals surface area contributed by atoms with Crippen molar-refractivity contribution in [1.29, 1.82) is 0 Å². The summed E-state index contributed by atoms with van der Waals surface area (Å²) >= 11 is 0. The van der Waals surface area contributed by atoms with E-state index in [0.29, 0.717) is 11.3 Å². The van der Waals surface area contributed by atoms with Crippen LogP contribution in [0.2, 0.25) is 0 Å². The summed E-state index contributed by atoms with van der Waals surface area (Å²) in [6, 6.07) is 14.1. The van der Waals surface area contributed by atoms with Crippen molar-refractivity contribution in [2.45, 2.75) is 26.3 Å². The summed E-state index contributed by atoms with van der Waals surface area (Å²) in [6.45, 7) is 3.06. The maximum Gasteiger partial charge on any atom is 0.344 e. The van der Waals surface area contributed by atoms with E-state index in [-0.39, 0.29) is 25.2 Å². The quantitative estimate of drug-likeness (QED) is 0.477. The summed E-state index contributed by atoms with van der Waals surface area (Å²) in [7, 11) is 0. The Morgan fingerprint density at radius 2 is 1.93 bits per heavy atom. The summed E-state index contributed by atoms with van der Waals surface area (Å²) in [5, 5.41) is 0.787. The number of carbonyl (C=O) groups excluding carboxylic acids is 2. The van der Waals surface area contributed by atoms with Crippen LogP contribution >= 0.6 is 0 Å². The van der Waals surface area contributed by atoms with E-state index in [0.717, 1.165) is 28.6 Å². The van der Waals surface area contributed by atoms with Gasteiger partial charge in [-0.3, -0.25) is 4.79 Å². The van der Waals surface area contributed by atoms with Gasteiger partial charge in [-0.05, 0) is 49.6 Å². The van der Waals surface area contributed by atoms with Gasteiger partial charge < -0.3 is 18.8 Å². The van der Waals surface area contributed by atoms with Gasteiger partial charge in [-0.25, -0.2) is 9.59 Å². The summed E-state index contributed by atoms with van der Waals surface area (Å²) < 4.78 is 15.7. The van der Waals surface area contributed by atoms with E-state index in [1.807, 2.05) is 38.1 Å². The molecule has 2 aromatic carbocycles. The third-order valence-corrected chi connectivity index (χ3v) is 5.11. The van der Waals surface area contributed by atoms with Gasteiger partial charge in [0.2, 0.25) is 0 Å². The highest BCUT2D eigenvalue weighted by Crippen LogP contribution is 2.31. The number of hydrogen-bond acceptors (Lipinski definition) is 6. The van der Waals surface area contributed by atoms with Crippen molar-refractivity contribution in [1.82, 2.24) is 0 Å². The Hall–Kier alpha value is -3.61. The SMILES string of the molecule is Cc1cc(=O)oc2cc(OCC(=O)OCC(=O)N3c4ccccc4C[C@@H]3C)ccc12. The van der Waals surface area contributed by atoms with Crippen molar-refractivity contribution < 1.29 is 23.5 Å². The molecule has 30 heavy (non-hydrogen) atoms. The monoisotopic (exact) mass is 407 g/mol. The largest absolute Gasteiger partial charge is 0.482 e. The predicted molar refractivity (Wildman–Crippen MR) is 111 cm³/mol. The van der Waals surface area contributed by atoms with Crippen LogP contribution < -0.4 is 15.3 Å². The van der Waals surface area contributed by atoms with E-state index >= 15 is 0 Å². The highest BCUT2D eigenvalue weighted by atomic mass is 16.6. The number of carbonyl (C=O) groups is 2. The number of esters is 1. The number of anilines is 1. The van der Waals surface area contributed by atoms with Crippen molar-refractivity contribution in [3.05, 3.63) is 70.1 Å². The van der Waals surface area contributed by atoms with Crippen LogP contribution in [-0.4, -0.2) is 31.1 Å². The fourth-order valence-corrected chi connectivity index (χ4v) is 3.74. The first-order chi connectivity index (χ1) is 14.4. The second kappa shape index (κ2) is 8.02. The Balaban J connectivity index is 1.34. The molecule has 1 amide bonds. The average Bonchev–Trinajstić information content (AvgIpc) is 3.05. The average molecular weight is 407 g/mol. The van der Waals surface area contributed by atoms with E-state index in [4.69, 9.17) is 13.9 Å². The van der Waals surface area contributed by atoms with Gasteiger partial charge in [0.05, 0.1) is 0 Å². The van der Waals surface area contributed by atoms with Gasteiger partial charge in [0.1, 0.15) is 11.3 Å². The van der Waals surface area contributed by atoms with Gasteiger partial charge >= 0.3 is 11.6 Å². The Morgan fingerprint density at radius 1 is 1.13 bits per heavy atom. The third-order valence-electron chi connectivity index (χ3n) is 5.11. The van der Waals surface area contributed by atoms with Crippen molar-refractivity contribution in [2.75, 3.05) is 18.1 Å². The molecular weight excluding hydrogens is 386 g/mol. The number of aryl methyl sites for hydroxylation is 1. The fourth-order valence-electron chi connectivity index (χ4n) is 3.74. The van der Waals surface area contributed by atoms with Crippen molar-refractivity contribution in [2.24, 2.45) is 0 Å². The Bertz CT molecular complexity index is 1180. The highest BCUT2D eigenvalue weighted by molar-refractivity contribution is 5.97. The molecule has 1 aromatic heterocycles. The molecular formula is C23H21NO6.